The lowest BCUT2D eigenvalue weighted by molar-refractivity contribution is -0.160. The van der Waals surface area contributed by atoms with Crippen LogP contribution in [0.5, 0.6) is 0 Å². The second-order valence-electron chi connectivity index (χ2n) is 6.76. The van der Waals surface area contributed by atoms with Crippen LogP contribution in [0.15, 0.2) is 18.2 Å². The Hall–Kier alpha value is -1.06. The maximum absolute atomic E-state index is 12.3. The molecule has 0 aliphatic carbocycles. The van der Waals surface area contributed by atoms with Crippen molar-refractivity contribution in [2.45, 2.75) is 58.7 Å². The van der Waals surface area contributed by atoms with Crippen molar-refractivity contribution in [2.24, 2.45) is 0 Å². The van der Waals surface area contributed by atoms with E-state index in [4.69, 9.17) is 16.3 Å². The molecule has 0 bridgehead atoms. The Morgan fingerprint density at radius 1 is 1.43 bits per heavy atom. The van der Waals surface area contributed by atoms with Gasteiger partial charge in [-0.2, -0.15) is 0 Å². The average Bonchev–Trinajstić information content (AvgIpc) is 2.79. The molecule has 3 nitrogen and oxygen atoms in total. The van der Waals surface area contributed by atoms with Crippen LogP contribution >= 0.6 is 11.6 Å². The molecule has 0 saturated carbocycles. The topological polar surface area (TPSA) is 29.5 Å². The van der Waals surface area contributed by atoms with Gasteiger partial charge in [0.25, 0.3) is 0 Å². The van der Waals surface area contributed by atoms with E-state index in [0.29, 0.717) is 6.54 Å². The standard InChI is InChI=1S/C17H24ClNO2/c1-12-7-8-13(14(18)10-12)11-19-9-5-6-15(19)16(20)21-17(2,3)4/h7-8,10,15H,5-6,9,11H2,1-4H3/t15-/m0/s1. The molecule has 1 saturated heterocycles. The lowest BCUT2D eigenvalue weighted by Crippen LogP contribution is -2.40. The molecule has 4 heteroatoms. The van der Waals surface area contributed by atoms with Crippen molar-refractivity contribution < 1.29 is 9.53 Å². The van der Waals surface area contributed by atoms with Crippen LogP contribution in [0.25, 0.3) is 0 Å². The molecule has 1 aromatic rings. The number of rotatable bonds is 3. The zero-order chi connectivity index (χ0) is 15.6. The van der Waals surface area contributed by atoms with Gasteiger partial charge in [-0.3, -0.25) is 9.69 Å². The molecule has 116 valence electrons. The minimum atomic E-state index is -0.438. The Labute approximate surface area is 132 Å². The van der Waals surface area contributed by atoms with Gasteiger partial charge < -0.3 is 4.74 Å². The molecule has 1 fully saturated rings. The van der Waals surface area contributed by atoms with Crippen LogP contribution in [0.2, 0.25) is 5.02 Å². The summed E-state index contributed by atoms with van der Waals surface area (Å²) in [4.78, 5) is 14.5. The number of hydrogen-bond acceptors (Lipinski definition) is 3. The molecule has 2 rings (SSSR count). The summed E-state index contributed by atoms with van der Waals surface area (Å²) in [6.45, 7) is 9.34. The molecule has 1 aliphatic rings. The molecule has 0 aromatic heterocycles. The molecule has 21 heavy (non-hydrogen) atoms. The van der Waals surface area contributed by atoms with Gasteiger partial charge in [-0.25, -0.2) is 0 Å². The van der Waals surface area contributed by atoms with Gasteiger partial charge in [0.2, 0.25) is 0 Å². The first-order valence-electron chi connectivity index (χ1n) is 7.48. The van der Waals surface area contributed by atoms with Gasteiger partial charge in [-0.15, -0.1) is 0 Å². The first-order valence-corrected chi connectivity index (χ1v) is 7.86. The van der Waals surface area contributed by atoms with Crippen molar-refractivity contribution in [3.05, 3.63) is 34.3 Å². The molecular formula is C17H24ClNO2. The van der Waals surface area contributed by atoms with Crippen LogP contribution in [0, 0.1) is 6.92 Å². The normalized spacial score (nSPS) is 19.8. The summed E-state index contributed by atoms with van der Waals surface area (Å²) in [5.41, 5.74) is 1.78. The summed E-state index contributed by atoms with van der Waals surface area (Å²) in [6, 6.07) is 5.92. The van der Waals surface area contributed by atoms with Crippen molar-refractivity contribution in [3.8, 4) is 0 Å². The predicted octanol–water partition coefficient (Wildman–Crippen LogP) is 3.95. The summed E-state index contributed by atoms with van der Waals surface area (Å²) in [5.74, 6) is -0.122. The first-order chi connectivity index (χ1) is 9.76. The molecule has 0 unspecified atom stereocenters. The van der Waals surface area contributed by atoms with Gasteiger partial charge >= 0.3 is 5.97 Å². The van der Waals surface area contributed by atoms with Gasteiger partial charge in [0.1, 0.15) is 11.6 Å². The Morgan fingerprint density at radius 2 is 2.14 bits per heavy atom. The summed E-state index contributed by atoms with van der Waals surface area (Å²) in [7, 11) is 0. The van der Waals surface area contributed by atoms with Gasteiger partial charge in [-0.1, -0.05) is 23.7 Å². The Balaban J connectivity index is 2.06. The van der Waals surface area contributed by atoms with Crippen molar-refractivity contribution in [1.82, 2.24) is 4.90 Å². The van der Waals surface area contributed by atoms with Gasteiger partial charge in [-0.05, 0) is 64.3 Å². The van der Waals surface area contributed by atoms with Crippen LogP contribution in [0.3, 0.4) is 0 Å². The summed E-state index contributed by atoms with van der Waals surface area (Å²) in [6.07, 6.45) is 1.88. The highest BCUT2D eigenvalue weighted by Gasteiger charge is 2.34. The number of halogens is 1. The van der Waals surface area contributed by atoms with E-state index >= 15 is 0 Å². The minimum Gasteiger partial charge on any atom is -0.459 e. The zero-order valence-electron chi connectivity index (χ0n) is 13.3. The molecular weight excluding hydrogens is 286 g/mol. The maximum atomic E-state index is 12.3. The SMILES string of the molecule is Cc1ccc(CN2CCC[C@H]2C(=O)OC(C)(C)C)c(Cl)c1. The number of ether oxygens (including phenoxy) is 1. The number of carbonyl (C=O) groups is 1. The van der Waals surface area contributed by atoms with Crippen molar-refractivity contribution in [3.63, 3.8) is 0 Å². The van der Waals surface area contributed by atoms with Crippen LogP contribution in [0.1, 0.15) is 44.7 Å². The Kier molecular flexibility index (Phi) is 4.95. The largest absolute Gasteiger partial charge is 0.459 e. The highest BCUT2D eigenvalue weighted by atomic mass is 35.5. The molecule has 0 spiro atoms. The molecule has 0 amide bonds. The number of likely N-dealkylation sites (tertiary alicyclic amines) is 1. The van der Waals surface area contributed by atoms with Gasteiger partial charge in [0, 0.05) is 11.6 Å². The number of esters is 1. The van der Waals surface area contributed by atoms with Gasteiger partial charge in [0.15, 0.2) is 0 Å². The second kappa shape index (κ2) is 6.37. The monoisotopic (exact) mass is 309 g/mol. The number of carbonyl (C=O) groups excluding carboxylic acids is 1. The minimum absolute atomic E-state index is 0.122. The van der Waals surface area contributed by atoms with E-state index in [0.717, 1.165) is 35.5 Å². The number of hydrogen-bond donors (Lipinski definition) is 0. The third kappa shape index (κ3) is 4.45. The van der Waals surface area contributed by atoms with Gasteiger partial charge in [0.05, 0.1) is 0 Å². The molecule has 1 aliphatic heterocycles. The van der Waals surface area contributed by atoms with Crippen molar-refractivity contribution >= 4 is 17.6 Å². The number of benzene rings is 1. The molecule has 1 heterocycles. The molecule has 1 aromatic carbocycles. The molecule has 1 atom stereocenters. The van der Waals surface area contributed by atoms with E-state index in [9.17, 15) is 4.79 Å². The molecule has 0 radical (unpaired) electrons. The zero-order valence-corrected chi connectivity index (χ0v) is 14.0. The highest BCUT2D eigenvalue weighted by Crippen LogP contribution is 2.26. The summed E-state index contributed by atoms with van der Waals surface area (Å²) in [5, 5.41) is 0.768. The average molecular weight is 310 g/mol. The predicted molar refractivity (Wildman–Crippen MR) is 85.5 cm³/mol. The van der Waals surface area contributed by atoms with E-state index in [1.807, 2.05) is 39.8 Å². The lowest BCUT2D eigenvalue weighted by atomic mass is 10.1. The second-order valence-corrected chi connectivity index (χ2v) is 7.16. The van der Waals surface area contributed by atoms with E-state index in [-0.39, 0.29) is 12.0 Å². The van der Waals surface area contributed by atoms with Crippen LogP contribution in [0.4, 0.5) is 0 Å². The maximum Gasteiger partial charge on any atom is 0.323 e. The fourth-order valence-electron chi connectivity index (χ4n) is 2.65. The van der Waals surface area contributed by atoms with E-state index in [1.54, 1.807) is 0 Å². The molecule has 0 N–H and O–H groups in total. The fourth-order valence-corrected chi connectivity index (χ4v) is 2.95. The lowest BCUT2D eigenvalue weighted by Gasteiger charge is -2.27. The summed E-state index contributed by atoms with van der Waals surface area (Å²) < 4.78 is 5.53. The third-order valence-electron chi connectivity index (χ3n) is 3.62. The first kappa shape index (κ1) is 16.3. The van der Waals surface area contributed by atoms with E-state index in [1.165, 1.54) is 0 Å². The number of aryl methyl sites for hydroxylation is 1. The van der Waals surface area contributed by atoms with Crippen molar-refractivity contribution in [2.75, 3.05) is 6.54 Å². The van der Waals surface area contributed by atoms with Crippen molar-refractivity contribution in [1.29, 1.82) is 0 Å². The third-order valence-corrected chi connectivity index (χ3v) is 3.98. The van der Waals surface area contributed by atoms with Crippen LogP contribution < -0.4 is 0 Å². The van der Waals surface area contributed by atoms with E-state index < -0.39 is 5.60 Å². The Bertz CT molecular complexity index is 522. The van der Waals surface area contributed by atoms with Crippen LogP contribution in [-0.4, -0.2) is 29.1 Å². The Morgan fingerprint density at radius 3 is 2.76 bits per heavy atom. The van der Waals surface area contributed by atoms with E-state index in [2.05, 4.69) is 11.0 Å². The summed E-state index contributed by atoms with van der Waals surface area (Å²) >= 11 is 6.30. The fraction of sp³-hybridized carbons (Fsp3) is 0.588. The smallest absolute Gasteiger partial charge is 0.323 e. The van der Waals surface area contributed by atoms with Crippen LogP contribution in [-0.2, 0) is 16.1 Å². The highest BCUT2D eigenvalue weighted by molar-refractivity contribution is 6.31. The number of nitrogens with zero attached hydrogens (tertiary/aromatic N) is 1. The quantitative estimate of drug-likeness (QED) is 0.792.